The number of unbranched alkanes of at least 4 members (excludes halogenated alkanes) is 2. The fourth-order valence-electron chi connectivity index (χ4n) is 1.58. The van der Waals surface area contributed by atoms with Crippen molar-refractivity contribution in [3.05, 3.63) is 36.6 Å². The van der Waals surface area contributed by atoms with Crippen LogP contribution in [0.3, 0.4) is 0 Å². The second kappa shape index (κ2) is 9.70. The van der Waals surface area contributed by atoms with Crippen LogP contribution in [-0.2, 0) is 4.79 Å². The van der Waals surface area contributed by atoms with Crippen molar-refractivity contribution in [1.29, 1.82) is 0 Å². The summed E-state index contributed by atoms with van der Waals surface area (Å²) in [6, 6.07) is 0. The zero-order chi connectivity index (χ0) is 13.1. The predicted molar refractivity (Wildman–Crippen MR) is 73.4 cm³/mol. The molecular weight excluding hydrogens is 212 g/mol. The molecule has 1 amide bonds. The lowest BCUT2D eigenvalue weighted by Gasteiger charge is -2.13. The summed E-state index contributed by atoms with van der Waals surface area (Å²) in [4.78, 5) is 11.3. The van der Waals surface area contributed by atoms with Gasteiger partial charge in [-0.25, -0.2) is 0 Å². The molecule has 0 heterocycles. The van der Waals surface area contributed by atoms with Gasteiger partial charge in [0.2, 0.25) is 5.91 Å². The van der Waals surface area contributed by atoms with E-state index in [1.54, 1.807) is 12.2 Å². The van der Waals surface area contributed by atoms with Crippen LogP contribution >= 0.6 is 0 Å². The van der Waals surface area contributed by atoms with Crippen LogP contribution in [0.4, 0.5) is 0 Å². The summed E-state index contributed by atoms with van der Waals surface area (Å²) < 4.78 is 0. The van der Waals surface area contributed by atoms with E-state index in [9.17, 15) is 4.79 Å². The van der Waals surface area contributed by atoms with Gasteiger partial charge in [0.15, 0.2) is 0 Å². The number of rotatable bonds is 10. The van der Waals surface area contributed by atoms with Crippen molar-refractivity contribution in [2.45, 2.75) is 39.0 Å². The number of hydrogen-bond donors (Lipinski definition) is 2. The first-order valence-electron chi connectivity index (χ1n) is 6.14. The Balaban J connectivity index is 4.62. The number of amides is 1. The number of allylic oxidation sites excluding steroid dienone is 2. The first kappa shape index (κ1) is 15.5. The highest BCUT2D eigenvalue weighted by Crippen LogP contribution is 2.11. The summed E-state index contributed by atoms with van der Waals surface area (Å²) in [6.07, 6.45) is 8.05. The molecule has 0 spiro atoms. The maximum absolute atomic E-state index is 11.3. The Morgan fingerprint density at radius 1 is 1.24 bits per heavy atom. The molecule has 0 saturated carbocycles. The number of primary amides is 1. The van der Waals surface area contributed by atoms with Crippen LogP contribution in [0.15, 0.2) is 36.6 Å². The van der Waals surface area contributed by atoms with Gasteiger partial charge < -0.3 is 11.1 Å². The van der Waals surface area contributed by atoms with Crippen molar-refractivity contribution in [3.8, 4) is 0 Å². The topological polar surface area (TPSA) is 55.1 Å². The van der Waals surface area contributed by atoms with E-state index in [0.29, 0.717) is 18.4 Å². The summed E-state index contributed by atoms with van der Waals surface area (Å²) >= 11 is 0. The smallest absolute Gasteiger partial charge is 0.246 e. The third-order valence-electron chi connectivity index (χ3n) is 2.48. The molecule has 96 valence electrons. The molecule has 0 aromatic rings. The Morgan fingerprint density at radius 3 is 2.35 bits per heavy atom. The van der Waals surface area contributed by atoms with Crippen molar-refractivity contribution in [2.75, 3.05) is 6.54 Å². The van der Waals surface area contributed by atoms with Gasteiger partial charge in [-0.1, -0.05) is 31.9 Å². The van der Waals surface area contributed by atoms with E-state index in [2.05, 4.69) is 25.4 Å². The first-order chi connectivity index (χ1) is 8.17. The van der Waals surface area contributed by atoms with Gasteiger partial charge in [-0.05, 0) is 12.8 Å². The van der Waals surface area contributed by atoms with Crippen LogP contribution in [0.1, 0.15) is 39.0 Å². The monoisotopic (exact) mass is 236 g/mol. The minimum absolute atomic E-state index is 0.384. The lowest BCUT2D eigenvalue weighted by molar-refractivity contribution is -0.114. The second-order valence-corrected chi connectivity index (χ2v) is 3.94. The molecule has 0 bridgehead atoms. The van der Waals surface area contributed by atoms with Crippen LogP contribution in [0.25, 0.3) is 0 Å². The van der Waals surface area contributed by atoms with E-state index in [1.165, 1.54) is 12.8 Å². The summed E-state index contributed by atoms with van der Waals surface area (Å²) in [7, 11) is 0. The van der Waals surface area contributed by atoms with Gasteiger partial charge in [-0.3, -0.25) is 4.79 Å². The van der Waals surface area contributed by atoms with Gasteiger partial charge in [-0.15, -0.1) is 13.2 Å². The molecule has 0 aromatic heterocycles. The SMILES string of the molecule is C=CCC(NCCCCC)=C(CC=C)C(N)=O. The Labute approximate surface area is 104 Å². The number of nitrogens with one attached hydrogen (secondary N) is 1. The highest BCUT2D eigenvalue weighted by molar-refractivity contribution is 5.92. The van der Waals surface area contributed by atoms with E-state index >= 15 is 0 Å². The Hall–Kier alpha value is -1.51. The molecule has 0 aliphatic carbocycles. The third kappa shape index (κ3) is 6.61. The lowest BCUT2D eigenvalue weighted by Crippen LogP contribution is -2.23. The third-order valence-corrected chi connectivity index (χ3v) is 2.48. The fourth-order valence-corrected chi connectivity index (χ4v) is 1.58. The second-order valence-electron chi connectivity index (χ2n) is 3.94. The van der Waals surface area contributed by atoms with Crippen molar-refractivity contribution in [1.82, 2.24) is 5.32 Å². The van der Waals surface area contributed by atoms with Gasteiger partial charge in [0, 0.05) is 24.2 Å². The van der Waals surface area contributed by atoms with E-state index < -0.39 is 0 Å². The summed E-state index contributed by atoms with van der Waals surface area (Å²) in [5.74, 6) is -0.384. The van der Waals surface area contributed by atoms with Crippen molar-refractivity contribution in [2.24, 2.45) is 5.73 Å². The molecule has 0 aromatic carbocycles. The molecule has 0 aliphatic heterocycles. The number of hydrogen-bond acceptors (Lipinski definition) is 2. The quantitative estimate of drug-likeness (QED) is 0.348. The highest BCUT2D eigenvalue weighted by Gasteiger charge is 2.09. The molecule has 3 heteroatoms. The van der Waals surface area contributed by atoms with Gasteiger partial charge in [-0.2, -0.15) is 0 Å². The largest absolute Gasteiger partial charge is 0.388 e. The van der Waals surface area contributed by atoms with Crippen LogP contribution in [0, 0.1) is 0 Å². The standard InChI is InChI=1S/C14H24N2O/c1-4-7-8-11-16-13(10-6-3)12(9-5-2)14(15)17/h5-6,16H,2-4,7-11H2,1H3,(H2,15,17). The van der Waals surface area contributed by atoms with Crippen LogP contribution in [-0.4, -0.2) is 12.5 Å². The fraction of sp³-hybridized carbons (Fsp3) is 0.500. The minimum atomic E-state index is -0.384. The van der Waals surface area contributed by atoms with E-state index in [-0.39, 0.29) is 5.91 Å². The maximum atomic E-state index is 11.3. The predicted octanol–water partition coefficient (Wildman–Crippen LogP) is 2.66. The van der Waals surface area contributed by atoms with Crippen molar-refractivity contribution >= 4 is 5.91 Å². The van der Waals surface area contributed by atoms with Crippen LogP contribution in [0.5, 0.6) is 0 Å². The molecule has 17 heavy (non-hydrogen) atoms. The molecule has 3 N–H and O–H groups in total. The number of carbonyl (C=O) groups is 1. The first-order valence-corrected chi connectivity index (χ1v) is 6.14. The minimum Gasteiger partial charge on any atom is -0.388 e. The lowest BCUT2D eigenvalue weighted by atomic mass is 10.1. The van der Waals surface area contributed by atoms with Crippen LogP contribution < -0.4 is 11.1 Å². The van der Waals surface area contributed by atoms with E-state index in [0.717, 1.165) is 18.7 Å². The average Bonchev–Trinajstić information content (AvgIpc) is 2.30. The zero-order valence-corrected chi connectivity index (χ0v) is 10.8. The normalized spacial score (nSPS) is 11.6. The molecule has 0 atom stereocenters. The van der Waals surface area contributed by atoms with Crippen molar-refractivity contribution < 1.29 is 4.79 Å². The van der Waals surface area contributed by atoms with Gasteiger partial charge in [0.1, 0.15) is 0 Å². The van der Waals surface area contributed by atoms with Gasteiger partial charge in [0.25, 0.3) is 0 Å². The Morgan fingerprint density at radius 2 is 1.88 bits per heavy atom. The molecule has 0 fully saturated rings. The Kier molecular flexibility index (Phi) is 8.84. The highest BCUT2D eigenvalue weighted by atomic mass is 16.1. The van der Waals surface area contributed by atoms with Crippen LogP contribution in [0.2, 0.25) is 0 Å². The maximum Gasteiger partial charge on any atom is 0.246 e. The molecule has 3 nitrogen and oxygen atoms in total. The molecule has 0 aliphatic rings. The molecular formula is C14H24N2O. The molecule has 0 saturated heterocycles. The van der Waals surface area contributed by atoms with Gasteiger partial charge >= 0.3 is 0 Å². The van der Waals surface area contributed by atoms with Gasteiger partial charge in [0.05, 0.1) is 0 Å². The van der Waals surface area contributed by atoms with E-state index in [4.69, 9.17) is 5.73 Å². The molecule has 0 unspecified atom stereocenters. The number of nitrogens with two attached hydrogens (primary N) is 1. The average molecular weight is 236 g/mol. The summed E-state index contributed by atoms with van der Waals surface area (Å²) in [5.41, 5.74) is 6.85. The Bertz CT molecular complexity index is 293. The molecule has 0 radical (unpaired) electrons. The number of carbonyl (C=O) groups excluding carboxylic acids is 1. The zero-order valence-electron chi connectivity index (χ0n) is 10.8. The molecule has 0 rings (SSSR count). The van der Waals surface area contributed by atoms with Crippen molar-refractivity contribution in [3.63, 3.8) is 0 Å². The van der Waals surface area contributed by atoms with E-state index in [1.807, 2.05) is 0 Å². The summed E-state index contributed by atoms with van der Waals surface area (Å²) in [6.45, 7) is 10.4. The summed E-state index contributed by atoms with van der Waals surface area (Å²) in [5, 5.41) is 3.28.